The predicted molar refractivity (Wildman–Crippen MR) is 88.1 cm³/mol. The number of nitrogens with zero attached hydrogens (tertiary/aromatic N) is 1. The minimum atomic E-state index is -0.405. The minimum Gasteiger partial charge on any atom is -0.479 e. The van der Waals surface area contributed by atoms with Crippen molar-refractivity contribution in [2.45, 2.75) is 58.1 Å². The van der Waals surface area contributed by atoms with Crippen molar-refractivity contribution in [2.24, 2.45) is 11.7 Å². The number of benzene rings is 1. The van der Waals surface area contributed by atoms with Crippen LogP contribution in [0, 0.1) is 5.92 Å². The van der Waals surface area contributed by atoms with Gasteiger partial charge in [0, 0.05) is 12.6 Å². The van der Waals surface area contributed by atoms with Crippen LogP contribution in [0.4, 0.5) is 5.69 Å². The molecule has 0 aromatic heterocycles. The molecule has 1 amide bonds. The topological polar surface area (TPSA) is 55.6 Å². The van der Waals surface area contributed by atoms with E-state index in [0.29, 0.717) is 5.92 Å². The maximum Gasteiger partial charge on any atom is 0.267 e. The molecule has 2 unspecified atom stereocenters. The van der Waals surface area contributed by atoms with Gasteiger partial charge in [0.05, 0.1) is 5.69 Å². The first-order valence-electron chi connectivity index (χ1n) is 8.49. The fourth-order valence-corrected chi connectivity index (χ4v) is 3.11. The van der Waals surface area contributed by atoms with Crippen molar-refractivity contribution in [3.8, 4) is 5.75 Å². The Balaban J connectivity index is 1.87. The molecular formula is C18H26N2O2. The fraction of sp³-hybridized carbons (Fsp3) is 0.611. The summed E-state index contributed by atoms with van der Waals surface area (Å²) in [6.45, 7) is 4.75. The van der Waals surface area contributed by atoms with Crippen molar-refractivity contribution < 1.29 is 9.53 Å². The Kier molecular flexibility index (Phi) is 4.39. The summed E-state index contributed by atoms with van der Waals surface area (Å²) in [5, 5.41) is 0. The molecule has 0 bridgehead atoms. The van der Waals surface area contributed by atoms with E-state index in [4.69, 9.17) is 10.5 Å². The summed E-state index contributed by atoms with van der Waals surface area (Å²) in [4.78, 5) is 14.4. The van der Waals surface area contributed by atoms with Gasteiger partial charge >= 0.3 is 0 Å². The van der Waals surface area contributed by atoms with E-state index < -0.39 is 6.10 Å². The third-order valence-corrected chi connectivity index (χ3v) is 4.69. The van der Waals surface area contributed by atoms with E-state index in [-0.39, 0.29) is 11.9 Å². The van der Waals surface area contributed by atoms with E-state index in [1.807, 2.05) is 17.9 Å². The molecule has 1 aliphatic heterocycles. The highest BCUT2D eigenvalue weighted by Gasteiger charge is 2.34. The number of anilines is 1. The number of carbonyl (C=O) groups is 1. The van der Waals surface area contributed by atoms with E-state index in [0.717, 1.165) is 42.8 Å². The van der Waals surface area contributed by atoms with E-state index in [2.05, 4.69) is 19.1 Å². The molecule has 1 aliphatic carbocycles. The Morgan fingerprint density at radius 2 is 2.14 bits per heavy atom. The smallest absolute Gasteiger partial charge is 0.267 e. The largest absolute Gasteiger partial charge is 0.479 e. The quantitative estimate of drug-likeness (QED) is 0.819. The number of unbranched alkanes of at least 4 members (excludes halogenated alkanes) is 2. The number of hydrogen-bond donors (Lipinski definition) is 1. The second kappa shape index (κ2) is 6.29. The van der Waals surface area contributed by atoms with Crippen molar-refractivity contribution in [2.75, 3.05) is 11.4 Å². The molecular weight excluding hydrogens is 276 g/mol. The number of hydrogen-bond acceptors (Lipinski definition) is 3. The van der Waals surface area contributed by atoms with Crippen molar-refractivity contribution in [3.05, 3.63) is 23.8 Å². The van der Waals surface area contributed by atoms with Crippen LogP contribution >= 0.6 is 0 Å². The zero-order chi connectivity index (χ0) is 15.7. The van der Waals surface area contributed by atoms with Crippen LogP contribution in [0.5, 0.6) is 5.75 Å². The van der Waals surface area contributed by atoms with Gasteiger partial charge in [0.2, 0.25) is 0 Å². The lowest BCUT2D eigenvalue weighted by Crippen LogP contribution is -2.45. The van der Waals surface area contributed by atoms with Crippen molar-refractivity contribution in [1.82, 2.24) is 0 Å². The Labute approximate surface area is 132 Å². The molecule has 1 heterocycles. The maximum absolute atomic E-state index is 12.5. The maximum atomic E-state index is 12.5. The van der Waals surface area contributed by atoms with Crippen LogP contribution in [0.25, 0.3) is 0 Å². The Morgan fingerprint density at radius 1 is 1.36 bits per heavy atom. The molecule has 2 aliphatic rings. The summed E-state index contributed by atoms with van der Waals surface area (Å²) in [7, 11) is 0. The number of fused-ring (bicyclic) bond motifs is 1. The van der Waals surface area contributed by atoms with Gasteiger partial charge in [-0.2, -0.15) is 0 Å². The van der Waals surface area contributed by atoms with Gasteiger partial charge in [-0.3, -0.25) is 4.79 Å². The van der Waals surface area contributed by atoms with Gasteiger partial charge in [-0.25, -0.2) is 0 Å². The third-order valence-electron chi connectivity index (χ3n) is 4.69. The van der Waals surface area contributed by atoms with Crippen molar-refractivity contribution in [3.63, 3.8) is 0 Å². The molecule has 0 radical (unpaired) electrons. The van der Waals surface area contributed by atoms with E-state index in [1.165, 1.54) is 12.8 Å². The molecule has 4 nitrogen and oxygen atoms in total. The summed E-state index contributed by atoms with van der Waals surface area (Å²) in [6, 6.07) is 6.17. The van der Waals surface area contributed by atoms with E-state index >= 15 is 0 Å². The zero-order valence-corrected chi connectivity index (χ0v) is 13.5. The van der Waals surface area contributed by atoms with Crippen LogP contribution < -0.4 is 15.4 Å². The van der Waals surface area contributed by atoms with Gasteiger partial charge in [-0.15, -0.1) is 0 Å². The highest BCUT2D eigenvalue weighted by atomic mass is 16.5. The van der Waals surface area contributed by atoms with Crippen molar-refractivity contribution >= 4 is 11.6 Å². The highest BCUT2D eigenvalue weighted by Crippen LogP contribution is 2.42. The molecule has 0 saturated heterocycles. The highest BCUT2D eigenvalue weighted by molar-refractivity contribution is 5.99. The molecule has 1 aromatic carbocycles. The van der Waals surface area contributed by atoms with Gasteiger partial charge in [0.1, 0.15) is 5.75 Å². The van der Waals surface area contributed by atoms with Crippen molar-refractivity contribution in [1.29, 1.82) is 0 Å². The lowest BCUT2D eigenvalue weighted by molar-refractivity contribution is -0.125. The monoisotopic (exact) mass is 302 g/mol. The van der Waals surface area contributed by atoms with Crippen LogP contribution in [-0.2, 0) is 4.79 Å². The number of ether oxygens (including phenoxy) is 1. The molecule has 1 aromatic rings. The SMILES string of the molecule is CCCCCN1C(=O)C(C)Oc2ccc(C(N)C3CC3)cc21. The number of rotatable bonds is 6. The Bertz CT molecular complexity index is 554. The van der Waals surface area contributed by atoms with Gasteiger partial charge in [0.15, 0.2) is 6.10 Å². The summed E-state index contributed by atoms with van der Waals surface area (Å²) < 4.78 is 5.76. The molecule has 4 heteroatoms. The second-order valence-corrected chi connectivity index (χ2v) is 6.55. The minimum absolute atomic E-state index is 0.0562. The molecule has 0 spiro atoms. The standard InChI is InChI=1S/C18H26N2O2/c1-3-4-5-10-20-15-11-14(17(19)13-6-7-13)8-9-16(15)22-12(2)18(20)21/h8-9,11-13,17H,3-7,10,19H2,1-2H3. The zero-order valence-electron chi connectivity index (χ0n) is 13.5. The van der Waals surface area contributed by atoms with Gasteiger partial charge in [-0.05, 0) is 49.8 Å². The number of carbonyl (C=O) groups excluding carboxylic acids is 1. The van der Waals surface area contributed by atoms with E-state index in [1.54, 1.807) is 0 Å². The molecule has 22 heavy (non-hydrogen) atoms. The lowest BCUT2D eigenvalue weighted by Gasteiger charge is -2.33. The Morgan fingerprint density at radius 3 is 2.82 bits per heavy atom. The summed E-state index contributed by atoms with van der Waals surface area (Å²) in [5.41, 5.74) is 8.33. The molecule has 3 rings (SSSR count). The second-order valence-electron chi connectivity index (χ2n) is 6.55. The lowest BCUT2D eigenvalue weighted by atomic mass is 10.0. The number of amides is 1. The van der Waals surface area contributed by atoms with Gasteiger partial charge in [0.25, 0.3) is 5.91 Å². The summed E-state index contributed by atoms with van der Waals surface area (Å²) in [5.74, 6) is 1.46. The molecule has 2 atom stereocenters. The summed E-state index contributed by atoms with van der Waals surface area (Å²) in [6.07, 6.45) is 5.32. The van der Waals surface area contributed by atoms with Gasteiger partial charge in [-0.1, -0.05) is 25.8 Å². The predicted octanol–water partition coefficient (Wildman–Crippen LogP) is 3.40. The molecule has 1 fully saturated rings. The van der Waals surface area contributed by atoms with Crippen LogP contribution in [0.1, 0.15) is 57.6 Å². The average Bonchev–Trinajstić information content (AvgIpc) is 3.35. The molecule has 2 N–H and O–H groups in total. The summed E-state index contributed by atoms with van der Waals surface area (Å²) >= 11 is 0. The number of nitrogens with two attached hydrogens (primary N) is 1. The van der Waals surface area contributed by atoms with Crippen LogP contribution in [-0.4, -0.2) is 18.6 Å². The average molecular weight is 302 g/mol. The fourth-order valence-electron chi connectivity index (χ4n) is 3.11. The molecule has 120 valence electrons. The van der Waals surface area contributed by atoms with Gasteiger partial charge < -0.3 is 15.4 Å². The van der Waals surface area contributed by atoms with E-state index in [9.17, 15) is 4.79 Å². The van der Waals surface area contributed by atoms with Crippen LogP contribution in [0.15, 0.2) is 18.2 Å². The first-order valence-corrected chi connectivity index (χ1v) is 8.49. The first kappa shape index (κ1) is 15.3. The molecule has 1 saturated carbocycles. The third kappa shape index (κ3) is 2.98. The Hall–Kier alpha value is -1.55. The normalized spacial score (nSPS) is 22.2. The van der Waals surface area contributed by atoms with Crippen LogP contribution in [0.2, 0.25) is 0 Å². The van der Waals surface area contributed by atoms with Crippen LogP contribution in [0.3, 0.4) is 0 Å². The first-order chi connectivity index (χ1) is 10.6.